The van der Waals surface area contributed by atoms with Crippen molar-refractivity contribution >= 4 is 0 Å². The lowest BCUT2D eigenvalue weighted by molar-refractivity contribution is 0.184. The molecule has 0 rings (SSSR count). The quantitative estimate of drug-likeness (QED) is 0.566. The predicted molar refractivity (Wildman–Crippen MR) is 83.1 cm³/mol. The molecule has 0 aliphatic rings. The first-order valence-electron chi connectivity index (χ1n) is 7.92. The molecule has 0 bridgehead atoms. The van der Waals surface area contributed by atoms with Crippen LogP contribution in [0.2, 0.25) is 0 Å². The molecule has 18 heavy (non-hydrogen) atoms. The summed E-state index contributed by atoms with van der Waals surface area (Å²) in [7, 11) is 0. The molecule has 110 valence electrons. The fraction of sp³-hybridized carbons (Fsp3) is 1.00. The summed E-state index contributed by atoms with van der Waals surface area (Å²) >= 11 is 0. The van der Waals surface area contributed by atoms with Gasteiger partial charge in [0.2, 0.25) is 0 Å². The molecule has 0 fully saturated rings. The second kappa shape index (κ2) is 10.8. The van der Waals surface area contributed by atoms with Crippen molar-refractivity contribution in [3.8, 4) is 0 Å². The van der Waals surface area contributed by atoms with E-state index in [0.717, 1.165) is 24.9 Å². The van der Waals surface area contributed by atoms with Crippen molar-refractivity contribution in [2.75, 3.05) is 26.2 Å². The maximum Gasteiger partial charge on any atom is 0.0192 e. The Labute approximate surface area is 116 Å². The van der Waals surface area contributed by atoms with Crippen molar-refractivity contribution in [2.24, 2.45) is 11.8 Å². The average molecular weight is 256 g/mol. The molecule has 2 heteroatoms. The third-order valence-corrected chi connectivity index (χ3v) is 3.48. The van der Waals surface area contributed by atoms with Crippen LogP contribution in [0.5, 0.6) is 0 Å². The van der Waals surface area contributed by atoms with Crippen LogP contribution in [0.4, 0.5) is 0 Å². The summed E-state index contributed by atoms with van der Waals surface area (Å²) in [5.74, 6) is 1.62. The van der Waals surface area contributed by atoms with E-state index >= 15 is 0 Å². The van der Waals surface area contributed by atoms with Gasteiger partial charge in [0.1, 0.15) is 0 Å². The highest BCUT2D eigenvalue weighted by Crippen LogP contribution is 2.09. The molecule has 0 aromatic carbocycles. The van der Waals surface area contributed by atoms with Crippen LogP contribution in [-0.2, 0) is 0 Å². The molecule has 0 saturated carbocycles. The Hall–Kier alpha value is -0.0800. The fourth-order valence-electron chi connectivity index (χ4n) is 2.02. The molecule has 0 aromatic rings. The molecular formula is C16H36N2. The lowest BCUT2D eigenvalue weighted by Gasteiger charge is -2.30. The van der Waals surface area contributed by atoms with Crippen LogP contribution in [0.1, 0.15) is 60.8 Å². The maximum absolute atomic E-state index is 3.55. The number of rotatable bonds is 11. The van der Waals surface area contributed by atoms with Gasteiger partial charge < -0.3 is 5.32 Å². The van der Waals surface area contributed by atoms with E-state index in [1.165, 1.54) is 32.4 Å². The Morgan fingerprint density at radius 2 is 1.39 bits per heavy atom. The zero-order chi connectivity index (χ0) is 14.0. The summed E-state index contributed by atoms with van der Waals surface area (Å²) in [6.07, 6.45) is 3.86. The van der Waals surface area contributed by atoms with E-state index in [1.54, 1.807) is 0 Å². The van der Waals surface area contributed by atoms with Crippen molar-refractivity contribution in [3.63, 3.8) is 0 Å². The SMILES string of the molecule is CCCNCC(C)N(CCC(C)C)CCC(C)C. The lowest BCUT2D eigenvalue weighted by Crippen LogP contribution is -2.42. The smallest absolute Gasteiger partial charge is 0.0192 e. The zero-order valence-corrected chi connectivity index (χ0v) is 13.6. The largest absolute Gasteiger partial charge is 0.315 e. The Bertz CT molecular complexity index is 166. The normalized spacial score (nSPS) is 13.8. The van der Waals surface area contributed by atoms with Crippen LogP contribution >= 0.6 is 0 Å². The second-order valence-electron chi connectivity index (χ2n) is 6.45. The molecule has 0 aliphatic carbocycles. The summed E-state index contributed by atoms with van der Waals surface area (Å²) in [4.78, 5) is 2.67. The number of hydrogen-bond donors (Lipinski definition) is 1. The van der Waals surface area contributed by atoms with E-state index in [2.05, 4.69) is 51.8 Å². The van der Waals surface area contributed by atoms with Crippen LogP contribution < -0.4 is 5.32 Å². The van der Waals surface area contributed by atoms with Gasteiger partial charge in [0.15, 0.2) is 0 Å². The average Bonchev–Trinajstić information content (AvgIpc) is 2.28. The molecule has 1 atom stereocenters. The van der Waals surface area contributed by atoms with Gasteiger partial charge in [-0.25, -0.2) is 0 Å². The van der Waals surface area contributed by atoms with Crippen LogP contribution in [0.25, 0.3) is 0 Å². The van der Waals surface area contributed by atoms with Gasteiger partial charge in [0, 0.05) is 12.6 Å². The Kier molecular flexibility index (Phi) is 10.8. The first-order chi connectivity index (χ1) is 8.47. The molecule has 0 saturated heterocycles. The molecule has 0 heterocycles. The summed E-state index contributed by atoms with van der Waals surface area (Å²) in [6.45, 7) is 18.6. The highest BCUT2D eigenvalue weighted by molar-refractivity contribution is 4.71. The van der Waals surface area contributed by atoms with Crippen molar-refractivity contribution < 1.29 is 0 Å². The van der Waals surface area contributed by atoms with Crippen molar-refractivity contribution in [1.29, 1.82) is 0 Å². The van der Waals surface area contributed by atoms with Gasteiger partial charge in [-0.05, 0) is 57.7 Å². The Morgan fingerprint density at radius 1 is 0.889 bits per heavy atom. The highest BCUT2D eigenvalue weighted by atomic mass is 15.2. The third-order valence-electron chi connectivity index (χ3n) is 3.48. The van der Waals surface area contributed by atoms with E-state index in [9.17, 15) is 0 Å². The monoisotopic (exact) mass is 256 g/mol. The van der Waals surface area contributed by atoms with Gasteiger partial charge in [-0.1, -0.05) is 34.6 Å². The zero-order valence-electron chi connectivity index (χ0n) is 13.6. The third kappa shape index (κ3) is 9.90. The van der Waals surface area contributed by atoms with Crippen LogP contribution in [0.15, 0.2) is 0 Å². The van der Waals surface area contributed by atoms with Crippen LogP contribution in [0, 0.1) is 11.8 Å². The molecule has 1 N–H and O–H groups in total. The Balaban J connectivity index is 4.07. The minimum Gasteiger partial charge on any atom is -0.315 e. The molecule has 2 nitrogen and oxygen atoms in total. The summed E-state index contributed by atoms with van der Waals surface area (Å²) in [6, 6.07) is 0.661. The summed E-state index contributed by atoms with van der Waals surface area (Å²) < 4.78 is 0. The van der Waals surface area contributed by atoms with Crippen molar-refractivity contribution in [1.82, 2.24) is 10.2 Å². The maximum atomic E-state index is 3.55. The standard InChI is InChI=1S/C16H36N2/c1-7-10-17-13-16(6)18(11-8-14(2)3)12-9-15(4)5/h14-17H,7-13H2,1-6H3. The molecule has 0 amide bonds. The van der Waals surface area contributed by atoms with Crippen molar-refractivity contribution in [2.45, 2.75) is 66.8 Å². The number of nitrogens with one attached hydrogen (secondary N) is 1. The molecular weight excluding hydrogens is 220 g/mol. The second-order valence-corrected chi connectivity index (χ2v) is 6.45. The van der Waals surface area contributed by atoms with Gasteiger partial charge in [-0.2, -0.15) is 0 Å². The first kappa shape index (κ1) is 17.9. The fourth-order valence-corrected chi connectivity index (χ4v) is 2.02. The minimum absolute atomic E-state index is 0.661. The highest BCUT2D eigenvalue weighted by Gasteiger charge is 2.14. The summed E-state index contributed by atoms with van der Waals surface area (Å²) in [5.41, 5.74) is 0. The molecule has 0 aromatic heterocycles. The van der Waals surface area contributed by atoms with Gasteiger partial charge in [-0.15, -0.1) is 0 Å². The first-order valence-corrected chi connectivity index (χ1v) is 7.92. The van der Waals surface area contributed by atoms with Gasteiger partial charge in [-0.3, -0.25) is 4.90 Å². The molecule has 1 unspecified atom stereocenters. The lowest BCUT2D eigenvalue weighted by atomic mass is 10.1. The van der Waals surface area contributed by atoms with Crippen molar-refractivity contribution in [3.05, 3.63) is 0 Å². The van der Waals surface area contributed by atoms with Crippen LogP contribution in [-0.4, -0.2) is 37.1 Å². The van der Waals surface area contributed by atoms with Gasteiger partial charge >= 0.3 is 0 Å². The molecule has 0 spiro atoms. The van der Waals surface area contributed by atoms with E-state index < -0.39 is 0 Å². The minimum atomic E-state index is 0.661. The summed E-state index contributed by atoms with van der Waals surface area (Å²) in [5, 5.41) is 3.55. The van der Waals surface area contributed by atoms with Gasteiger partial charge in [0.05, 0.1) is 0 Å². The van der Waals surface area contributed by atoms with Gasteiger partial charge in [0.25, 0.3) is 0 Å². The van der Waals surface area contributed by atoms with E-state index in [-0.39, 0.29) is 0 Å². The molecule has 0 aliphatic heterocycles. The topological polar surface area (TPSA) is 15.3 Å². The van der Waals surface area contributed by atoms with E-state index in [0.29, 0.717) is 6.04 Å². The molecule has 0 radical (unpaired) electrons. The number of hydrogen-bond acceptors (Lipinski definition) is 2. The van der Waals surface area contributed by atoms with Crippen LogP contribution in [0.3, 0.4) is 0 Å². The number of nitrogens with zero attached hydrogens (tertiary/aromatic N) is 1. The van der Waals surface area contributed by atoms with E-state index in [4.69, 9.17) is 0 Å². The Morgan fingerprint density at radius 3 is 1.78 bits per heavy atom. The van der Waals surface area contributed by atoms with E-state index in [1.807, 2.05) is 0 Å². The predicted octanol–water partition coefficient (Wildman–Crippen LogP) is 3.77.